The van der Waals surface area contributed by atoms with Gasteiger partial charge >= 0.3 is 12.1 Å². The van der Waals surface area contributed by atoms with Crippen LogP contribution in [0.15, 0.2) is 72.8 Å². The van der Waals surface area contributed by atoms with E-state index < -0.39 is 6.09 Å². The van der Waals surface area contributed by atoms with E-state index in [2.05, 4.69) is 63.7 Å². The summed E-state index contributed by atoms with van der Waals surface area (Å²) in [5.41, 5.74) is 4.10. The van der Waals surface area contributed by atoms with E-state index in [0.29, 0.717) is 51.9 Å². The fourth-order valence-corrected chi connectivity index (χ4v) is 6.67. The molecule has 47 heavy (non-hydrogen) atoms. The number of piperazine rings is 1. The third-order valence-corrected chi connectivity index (χ3v) is 9.08. The molecule has 7 rings (SSSR count). The largest absolute Gasteiger partial charge is 0.461 e. The zero-order chi connectivity index (χ0) is 32.0. The number of aromatic nitrogens is 2. The van der Waals surface area contributed by atoms with Crippen LogP contribution in [0.4, 0.5) is 16.3 Å². The summed E-state index contributed by atoms with van der Waals surface area (Å²) in [6.07, 6.45) is 0.458. The molecule has 1 amide bonds. The van der Waals surface area contributed by atoms with Gasteiger partial charge in [0.1, 0.15) is 25.1 Å². The topological polar surface area (TPSA) is 116 Å². The lowest BCUT2D eigenvalue weighted by Crippen LogP contribution is -2.55. The van der Waals surface area contributed by atoms with E-state index in [-0.39, 0.29) is 25.2 Å². The number of morpholine rings is 1. The third-order valence-electron chi connectivity index (χ3n) is 9.08. The van der Waals surface area contributed by atoms with Crippen molar-refractivity contribution < 1.29 is 19.0 Å². The number of amides is 1. The van der Waals surface area contributed by atoms with Crippen LogP contribution >= 0.6 is 0 Å². The molecule has 4 aromatic rings. The van der Waals surface area contributed by atoms with Gasteiger partial charge in [-0.25, -0.2) is 4.79 Å². The molecule has 4 heterocycles. The maximum Gasteiger partial charge on any atom is 0.410 e. The van der Waals surface area contributed by atoms with Crippen LogP contribution in [-0.4, -0.2) is 85.6 Å². The van der Waals surface area contributed by atoms with Crippen LogP contribution in [0.2, 0.25) is 0 Å². The Kier molecular flexibility index (Phi) is 9.31. The molecule has 2 fully saturated rings. The number of benzene rings is 3. The van der Waals surface area contributed by atoms with Gasteiger partial charge in [0.15, 0.2) is 0 Å². The minimum Gasteiger partial charge on any atom is -0.461 e. The van der Waals surface area contributed by atoms with Gasteiger partial charge in [-0.15, -0.1) is 0 Å². The maximum absolute atomic E-state index is 13.2. The Balaban J connectivity index is 1.14. The number of hydrogen-bond acceptors (Lipinski definition) is 10. The molecule has 1 unspecified atom stereocenters. The summed E-state index contributed by atoms with van der Waals surface area (Å²) in [7, 11) is 0. The Morgan fingerprint density at radius 2 is 1.85 bits per heavy atom. The number of ether oxygens (including phenoxy) is 3. The van der Waals surface area contributed by atoms with Gasteiger partial charge in [-0.05, 0) is 23.4 Å². The minimum atomic E-state index is -0.408. The number of hydrogen-bond donors (Lipinski definition) is 1. The van der Waals surface area contributed by atoms with Crippen molar-refractivity contribution in [1.82, 2.24) is 20.2 Å². The van der Waals surface area contributed by atoms with Gasteiger partial charge in [0.25, 0.3) is 0 Å². The molecule has 2 atom stereocenters. The molecule has 242 valence electrons. The number of carbonyl (C=O) groups is 1. The van der Waals surface area contributed by atoms with Crippen molar-refractivity contribution in [2.75, 3.05) is 62.3 Å². The lowest BCUT2D eigenvalue weighted by Gasteiger charge is -2.42. The van der Waals surface area contributed by atoms with Crippen molar-refractivity contribution in [3.05, 3.63) is 89.6 Å². The van der Waals surface area contributed by atoms with E-state index in [1.165, 1.54) is 16.5 Å². The van der Waals surface area contributed by atoms with Gasteiger partial charge in [-0.3, -0.25) is 0 Å². The molecule has 0 aliphatic carbocycles. The summed E-state index contributed by atoms with van der Waals surface area (Å²) in [4.78, 5) is 29.3. The van der Waals surface area contributed by atoms with E-state index >= 15 is 0 Å². The molecule has 11 heteroatoms. The first-order valence-corrected chi connectivity index (χ1v) is 16.3. The highest BCUT2D eigenvalue weighted by Gasteiger charge is 2.35. The fraction of sp³-hybridized carbons (Fsp3) is 0.389. The van der Waals surface area contributed by atoms with Gasteiger partial charge in [-0.2, -0.15) is 15.2 Å². The normalized spacial score (nSPS) is 19.6. The second kappa shape index (κ2) is 14.2. The number of carbonyl (C=O) groups excluding carboxylic acids is 1. The Labute approximate surface area is 274 Å². The molecule has 0 bridgehead atoms. The second-order valence-electron chi connectivity index (χ2n) is 12.1. The number of nitriles is 1. The molecule has 1 N–H and O–H groups in total. The molecule has 2 saturated heterocycles. The average molecular weight is 634 g/mol. The van der Waals surface area contributed by atoms with Crippen LogP contribution in [0.5, 0.6) is 6.01 Å². The van der Waals surface area contributed by atoms with Crippen molar-refractivity contribution in [1.29, 1.82) is 5.26 Å². The van der Waals surface area contributed by atoms with Crippen molar-refractivity contribution in [3.8, 4) is 12.1 Å². The predicted molar refractivity (Wildman–Crippen MR) is 178 cm³/mol. The average Bonchev–Trinajstić information content (AvgIpc) is 3.13. The second-order valence-corrected chi connectivity index (χ2v) is 12.1. The minimum absolute atomic E-state index is 0.0792. The van der Waals surface area contributed by atoms with Crippen LogP contribution in [0.25, 0.3) is 10.8 Å². The number of rotatable bonds is 8. The highest BCUT2D eigenvalue weighted by Crippen LogP contribution is 2.35. The summed E-state index contributed by atoms with van der Waals surface area (Å²) in [5.74, 6) is 0.811. The van der Waals surface area contributed by atoms with Crippen molar-refractivity contribution in [3.63, 3.8) is 0 Å². The van der Waals surface area contributed by atoms with Gasteiger partial charge in [0.2, 0.25) is 0 Å². The zero-order valence-corrected chi connectivity index (χ0v) is 26.4. The first-order valence-electron chi connectivity index (χ1n) is 16.3. The van der Waals surface area contributed by atoms with E-state index in [0.717, 1.165) is 42.1 Å². The molecule has 0 radical (unpaired) electrons. The van der Waals surface area contributed by atoms with Crippen LogP contribution in [0, 0.1) is 11.3 Å². The van der Waals surface area contributed by atoms with Crippen molar-refractivity contribution in [2.24, 2.45) is 0 Å². The quantitative estimate of drug-likeness (QED) is 0.301. The molecule has 3 aliphatic rings. The van der Waals surface area contributed by atoms with Crippen molar-refractivity contribution in [2.45, 2.75) is 38.1 Å². The summed E-state index contributed by atoms with van der Waals surface area (Å²) in [6, 6.07) is 26.7. The van der Waals surface area contributed by atoms with Gasteiger partial charge in [-0.1, -0.05) is 66.7 Å². The van der Waals surface area contributed by atoms with Crippen LogP contribution < -0.4 is 19.9 Å². The Morgan fingerprint density at radius 3 is 2.70 bits per heavy atom. The molecule has 11 nitrogen and oxygen atoms in total. The third kappa shape index (κ3) is 6.94. The maximum atomic E-state index is 13.2. The van der Waals surface area contributed by atoms with E-state index in [9.17, 15) is 10.1 Å². The number of anilines is 2. The smallest absolute Gasteiger partial charge is 0.410 e. The summed E-state index contributed by atoms with van der Waals surface area (Å²) in [6.45, 7) is 5.56. The molecule has 3 aliphatic heterocycles. The number of nitrogens with zero attached hydrogens (tertiary/aromatic N) is 6. The zero-order valence-electron chi connectivity index (χ0n) is 26.4. The molecular weight excluding hydrogens is 594 g/mol. The molecule has 3 aromatic carbocycles. The highest BCUT2D eigenvalue weighted by molar-refractivity contribution is 5.94. The Morgan fingerprint density at radius 1 is 1.00 bits per heavy atom. The van der Waals surface area contributed by atoms with Gasteiger partial charge < -0.3 is 34.2 Å². The van der Waals surface area contributed by atoms with Crippen molar-refractivity contribution >= 4 is 28.4 Å². The summed E-state index contributed by atoms with van der Waals surface area (Å²) < 4.78 is 17.7. The van der Waals surface area contributed by atoms with Crippen LogP contribution in [-0.2, 0) is 29.0 Å². The van der Waals surface area contributed by atoms with Gasteiger partial charge in [0, 0.05) is 55.9 Å². The number of fused-ring (bicyclic) bond motifs is 2. The standard InChI is InChI=1S/C36H39N7O4/c37-15-13-28-22-42(18-19-43(28)36(44)47-24-26-7-2-1-3-8-26)34-31-14-17-41(33-12-6-10-27-9-4-5-11-30(27)33)23-32(31)39-35(40-34)46-25-29-21-38-16-20-45-29/h1-12,28-29,38H,13-14,16-25H2/t28?,29-/m1/s1. The van der Waals surface area contributed by atoms with Crippen LogP contribution in [0.3, 0.4) is 0 Å². The molecule has 0 spiro atoms. The van der Waals surface area contributed by atoms with E-state index in [1.54, 1.807) is 4.90 Å². The molecule has 1 aromatic heterocycles. The number of nitrogens with one attached hydrogen (secondary N) is 1. The first kappa shape index (κ1) is 30.7. The van der Waals surface area contributed by atoms with Gasteiger partial charge in [0.05, 0.1) is 37.4 Å². The Bertz CT molecular complexity index is 1740. The van der Waals surface area contributed by atoms with Crippen LogP contribution in [0.1, 0.15) is 23.2 Å². The lowest BCUT2D eigenvalue weighted by molar-refractivity contribution is -0.00183. The molecular formula is C36H39N7O4. The fourth-order valence-electron chi connectivity index (χ4n) is 6.67. The SMILES string of the molecule is N#CCC1CN(c2nc(OC[C@H]3CNCCO3)nc3c2CCN(c2cccc4ccccc24)C3)CCN1C(=O)OCc1ccccc1. The Hall–Kier alpha value is -4.92. The summed E-state index contributed by atoms with van der Waals surface area (Å²) >= 11 is 0. The predicted octanol–water partition coefficient (Wildman–Crippen LogP) is 4.30. The first-order chi connectivity index (χ1) is 23.2. The highest BCUT2D eigenvalue weighted by atomic mass is 16.6. The monoisotopic (exact) mass is 633 g/mol. The summed E-state index contributed by atoms with van der Waals surface area (Å²) in [5, 5.41) is 15.5. The lowest BCUT2D eigenvalue weighted by atomic mass is 10.0. The van der Waals surface area contributed by atoms with E-state index in [4.69, 9.17) is 24.2 Å². The molecule has 0 saturated carbocycles. The van der Waals surface area contributed by atoms with E-state index in [1.807, 2.05) is 30.3 Å².